The molecule has 0 saturated heterocycles. The fraction of sp³-hybridized carbons (Fsp3) is 0.500. The first-order valence-corrected chi connectivity index (χ1v) is 6.49. The zero-order valence-corrected chi connectivity index (χ0v) is 12.2. The minimum atomic E-state index is -0.977. The predicted molar refractivity (Wildman–Crippen MR) is 76.7 cm³/mol. The molecule has 1 heterocycles. The molecule has 0 bridgehead atoms. The number of amides is 1. The van der Waals surface area contributed by atoms with Gasteiger partial charge in [0.15, 0.2) is 0 Å². The van der Waals surface area contributed by atoms with Crippen molar-refractivity contribution in [3.8, 4) is 0 Å². The molecule has 4 N–H and O–H groups in total. The van der Waals surface area contributed by atoms with Crippen LogP contribution >= 0.6 is 0 Å². The summed E-state index contributed by atoms with van der Waals surface area (Å²) in [7, 11) is 0. The Morgan fingerprint density at radius 1 is 1.40 bits per heavy atom. The van der Waals surface area contributed by atoms with Crippen molar-refractivity contribution in [2.75, 3.05) is 5.32 Å². The number of nitrogens with two attached hydrogens (primary N) is 1. The van der Waals surface area contributed by atoms with E-state index >= 15 is 0 Å². The van der Waals surface area contributed by atoms with E-state index in [9.17, 15) is 14.7 Å². The van der Waals surface area contributed by atoms with Crippen molar-refractivity contribution in [2.24, 2.45) is 11.7 Å². The summed E-state index contributed by atoms with van der Waals surface area (Å²) in [5.74, 6) is -1.16. The van der Waals surface area contributed by atoms with Gasteiger partial charge < -0.3 is 16.2 Å². The zero-order chi connectivity index (χ0) is 15.4. The number of nitrogens with one attached hydrogen (secondary N) is 1. The average Bonchev–Trinajstić information content (AvgIpc) is 2.25. The van der Waals surface area contributed by atoms with Crippen molar-refractivity contribution in [2.45, 2.75) is 40.2 Å². The van der Waals surface area contributed by atoms with Gasteiger partial charge in [-0.1, -0.05) is 13.8 Å². The molecule has 0 fully saturated rings. The number of aromatic nitrogens is 1. The quantitative estimate of drug-likeness (QED) is 0.735. The van der Waals surface area contributed by atoms with Gasteiger partial charge in [-0.2, -0.15) is 0 Å². The molecule has 20 heavy (non-hydrogen) atoms. The van der Waals surface area contributed by atoms with Crippen LogP contribution in [0, 0.1) is 19.8 Å². The van der Waals surface area contributed by atoms with Gasteiger partial charge in [0, 0.05) is 5.69 Å². The molecule has 0 aliphatic rings. The maximum atomic E-state index is 11.5. The smallest absolute Gasteiger partial charge is 0.326 e. The summed E-state index contributed by atoms with van der Waals surface area (Å²) in [6.07, 6.45) is 0.433. The van der Waals surface area contributed by atoms with Crippen LogP contribution in [0.2, 0.25) is 0 Å². The highest BCUT2D eigenvalue weighted by molar-refractivity contribution is 5.99. The third-order valence-corrected chi connectivity index (χ3v) is 2.91. The average molecular weight is 279 g/mol. The molecule has 110 valence electrons. The van der Waals surface area contributed by atoms with Gasteiger partial charge in [-0.15, -0.1) is 0 Å². The van der Waals surface area contributed by atoms with Crippen LogP contribution in [0.4, 0.5) is 5.82 Å². The third-order valence-electron chi connectivity index (χ3n) is 2.91. The number of carboxylic acids is 1. The molecule has 1 amide bonds. The second kappa shape index (κ2) is 6.36. The van der Waals surface area contributed by atoms with Crippen molar-refractivity contribution >= 4 is 17.7 Å². The third kappa shape index (κ3) is 3.94. The van der Waals surface area contributed by atoms with Crippen LogP contribution in [-0.2, 0) is 4.79 Å². The van der Waals surface area contributed by atoms with Crippen LogP contribution < -0.4 is 11.1 Å². The molecule has 1 aromatic rings. The number of hydrogen-bond acceptors (Lipinski definition) is 4. The lowest BCUT2D eigenvalue weighted by Gasteiger charge is -2.19. The molecule has 1 aromatic heterocycles. The van der Waals surface area contributed by atoms with Crippen molar-refractivity contribution in [1.29, 1.82) is 0 Å². The van der Waals surface area contributed by atoms with Gasteiger partial charge in [-0.25, -0.2) is 9.78 Å². The SMILES string of the molecule is Cc1cc(C)c(C(N)=O)c(NC(CC(C)C)C(=O)O)n1. The van der Waals surface area contributed by atoms with Gasteiger partial charge in [0.2, 0.25) is 0 Å². The fourth-order valence-corrected chi connectivity index (χ4v) is 2.11. The molecule has 0 spiro atoms. The molecule has 0 aliphatic carbocycles. The van der Waals surface area contributed by atoms with Crippen LogP contribution in [0.15, 0.2) is 6.07 Å². The highest BCUT2D eigenvalue weighted by Gasteiger charge is 2.22. The Balaban J connectivity index is 3.17. The second-order valence-electron chi connectivity index (χ2n) is 5.33. The lowest BCUT2D eigenvalue weighted by atomic mass is 10.0. The molecule has 1 unspecified atom stereocenters. The first-order valence-electron chi connectivity index (χ1n) is 6.49. The van der Waals surface area contributed by atoms with Crippen molar-refractivity contribution in [3.05, 3.63) is 22.9 Å². The van der Waals surface area contributed by atoms with E-state index in [1.807, 2.05) is 13.8 Å². The minimum absolute atomic E-state index is 0.200. The Bertz CT molecular complexity index is 527. The Morgan fingerprint density at radius 3 is 2.45 bits per heavy atom. The van der Waals surface area contributed by atoms with E-state index in [1.54, 1.807) is 19.9 Å². The predicted octanol–water partition coefficient (Wildman–Crippen LogP) is 1.71. The summed E-state index contributed by atoms with van der Waals surface area (Å²) in [5, 5.41) is 12.1. The number of primary amides is 1. The molecule has 6 heteroatoms. The number of carbonyl (C=O) groups excluding carboxylic acids is 1. The molecule has 6 nitrogen and oxygen atoms in total. The number of aryl methyl sites for hydroxylation is 2. The Morgan fingerprint density at radius 2 is 2.00 bits per heavy atom. The van der Waals surface area contributed by atoms with Crippen molar-refractivity contribution in [3.63, 3.8) is 0 Å². The van der Waals surface area contributed by atoms with Gasteiger partial charge in [0.1, 0.15) is 11.9 Å². The second-order valence-corrected chi connectivity index (χ2v) is 5.33. The highest BCUT2D eigenvalue weighted by atomic mass is 16.4. The number of hydrogen-bond donors (Lipinski definition) is 3. The van der Waals surface area contributed by atoms with Gasteiger partial charge in [-0.3, -0.25) is 4.79 Å². The summed E-state index contributed by atoms with van der Waals surface area (Å²) in [6, 6.07) is 0.936. The normalized spacial score (nSPS) is 12.2. The van der Waals surface area contributed by atoms with Crippen LogP contribution in [0.25, 0.3) is 0 Å². The van der Waals surface area contributed by atoms with Crippen LogP contribution in [-0.4, -0.2) is 28.0 Å². The van der Waals surface area contributed by atoms with Gasteiger partial charge in [0.05, 0.1) is 5.56 Å². The molecule has 0 saturated carbocycles. The summed E-state index contributed by atoms with van der Waals surface area (Å²) >= 11 is 0. The van der Waals surface area contributed by atoms with Gasteiger partial charge in [0.25, 0.3) is 5.91 Å². The van der Waals surface area contributed by atoms with E-state index in [1.165, 1.54) is 0 Å². The number of carbonyl (C=O) groups is 2. The molecule has 0 aliphatic heterocycles. The lowest BCUT2D eigenvalue weighted by molar-refractivity contribution is -0.138. The Labute approximate surface area is 118 Å². The lowest BCUT2D eigenvalue weighted by Crippen LogP contribution is -2.32. The molecular weight excluding hydrogens is 258 g/mol. The minimum Gasteiger partial charge on any atom is -0.480 e. The summed E-state index contributed by atoms with van der Waals surface area (Å²) in [5.41, 5.74) is 6.97. The fourth-order valence-electron chi connectivity index (χ4n) is 2.11. The molecule has 1 atom stereocenters. The topological polar surface area (TPSA) is 105 Å². The van der Waals surface area contributed by atoms with Gasteiger partial charge in [-0.05, 0) is 37.8 Å². The first kappa shape index (κ1) is 15.9. The van der Waals surface area contributed by atoms with Crippen LogP contribution in [0.3, 0.4) is 0 Å². The van der Waals surface area contributed by atoms with E-state index in [0.717, 1.165) is 0 Å². The molecule has 1 rings (SSSR count). The number of rotatable bonds is 6. The maximum absolute atomic E-state index is 11.5. The van der Waals surface area contributed by atoms with Crippen LogP contribution in [0.5, 0.6) is 0 Å². The number of aliphatic carboxylic acids is 1. The summed E-state index contributed by atoms with van der Waals surface area (Å²) < 4.78 is 0. The number of anilines is 1. The highest BCUT2D eigenvalue weighted by Crippen LogP contribution is 2.20. The van der Waals surface area contributed by atoms with Gasteiger partial charge >= 0.3 is 5.97 Å². The van der Waals surface area contributed by atoms with E-state index in [0.29, 0.717) is 17.7 Å². The Kier molecular flexibility index (Phi) is 5.07. The van der Waals surface area contributed by atoms with E-state index < -0.39 is 17.9 Å². The summed E-state index contributed by atoms with van der Waals surface area (Å²) in [6.45, 7) is 7.39. The largest absolute Gasteiger partial charge is 0.480 e. The number of pyridine rings is 1. The standard InChI is InChI=1S/C14H21N3O3/c1-7(2)5-10(14(19)20)17-13-11(12(15)18)8(3)6-9(4)16-13/h6-7,10H,5H2,1-4H3,(H2,15,18)(H,16,17)(H,19,20). The first-order chi connectivity index (χ1) is 9.22. The van der Waals surface area contributed by atoms with E-state index in [4.69, 9.17) is 5.73 Å². The zero-order valence-electron chi connectivity index (χ0n) is 12.2. The Hall–Kier alpha value is -2.11. The monoisotopic (exact) mass is 279 g/mol. The number of carboxylic acid groups (broad SMARTS) is 1. The van der Waals surface area contributed by atoms with E-state index in [2.05, 4.69) is 10.3 Å². The molecular formula is C14H21N3O3. The van der Waals surface area contributed by atoms with Crippen molar-refractivity contribution < 1.29 is 14.7 Å². The summed E-state index contributed by atoms with van der Waals surface area (Å²) in [4.78, 5) is 27.0. The number of nitrogens with zero attached hydrogens (tertiary/aromatic N) is 1. The van der Waals surface area contributed by atoms with Crippen LogP contribution in [0.1, 0.15) is 41.9 Å². The molecule has 0 aromatic carbocycles. The maximum Gasteiger partial charge on any atom is 0.326 e. The van der Waals surface area contributed by atoms with Crippen molar-refractivity contribution in [1.82, 2.24) is 4.98 Å². The molecule has 0 radical (unpaired) electrons. The van der Waals surface area contributed by atoms with E-state index in [-0.39, 0.29) is 17.3 Å².